The van der Waals surface area contributed by atoms with E-state index in [4.69, 9.17) is 5.11 Å². The van der Waals surface area contributed by atoms with E-state index < -0.39 is 10.9 Å². The molecule has 0 atom stereocenters. The molecular weight excluding hydrogens is 282 g/mol. The van der Waals surface area contributed by atoms with Gasteiger partial charge in [0.1, 0.15) is 5.56 Å². The third-order valence-corrected chi connectivity index (χ3v) is 3.79. The molecule has 2 aromatic rings. The Morgan fingerprint density at radius 3 is 2.85 bits per heavy atom. The van der Waals surface area contributed by atoms with Crippen molar-refractivity contribution < 1.29 is 14.8 Å². The van der Waals surface area contributed by atoms with Crippen molar-refractivity contribution in [1.29, 1.82) is 0 Å². The molecule has 104 valence electrons. The van der Waals surface area contributed by atoms with Crippen molar-refractivity contribution in [1.82, 2.24) is 9.78 Å². The summed E-state index contributed by atoms with van der Waals surface area (Å²) >= 11 is 1.21. The number of carboxylic acid groups (broad SMARTS) is 1. The molecule has 0 aliphatic rings. The number of carbonyl (C=O) groups is 1. The largest absolute Gasteiger partial charge is 0.478 e. The molecule has 2 rings (SSSR count). The number of nitrogens with zero attached hydrogens (tertiary/aromatic N) is 3. The summed E-state index contributed by atoms with van der Waals surface area (Å²) in [6, 6.07) is 6.36. The summed E-state index contributed by atoms with van der Waals surface area (Å²) in [6.07, 6.45) is 1.28. The number of para-hydroxylation sites is 1. The molecule has 0 saturated carbocycles. The molecule has 0 aliphatic heterocycles. The quantitative estimate of drug-likeness (QED) is 0.516. The van der Waals surface area contributed by atoms with E-state index in [2.05, 4.69) is 5.10 Å². The Morgan fingerprint density at radius 1 is 1.50 bits per heavy atom. The van der Waals surface area contributed by atoms with Gasteiger partial charge in [0.25, 0.3) is 5.69 Å². The molecule has 1 aromatic carbocycles. The van der Waals surface area contributed by atoms with Gasteiger partial charge in [0.15, 0.2) is 0 Å². The molecular formula is C12H11N3O4S. The molecule has 0 aliphatic carbocycles. The second-order valence-electron chi connectivity index (χ2n) is 3.95. The highest BCUT2D eigenvalue weighted by Gasteiger charge is 2.18. The zero-order valence-corrected chi connectivity index (χ0v) is 11.3. The normalized spacial score (nSPS) is 10.4. The predicted molar refractivity (Wildman–Crippen MR) is 72.8 cm³/mol. The maximum atomic E-state index is 11.1. The number of aryl methyl sites for hydroxylation is 1. The molecule has 0 unspecified atom stereocenters. The minimum absolute atomic E-state index is 0.0107. The Morgan fingerprint density at radius 2 is 2.20 bits per heavy atom. The van der Waals surface area contributed by atoms with Crippen molar-refractivity contribution in [2.75, 3.05) is 0 Å². The summed E-state index contributed by atoms with van der Waals surface area (Å²) in [5, 5.41) is 23.9. The van der Waals surface area contributed by atoms with Gasteiger partial charge < -0.3 is 5.11 Å². The van der Waals surface area contributed by atoms with E-state index in [0.717, 1.165) is 0 Å². The van der Waals surface area contributed by atoms with E-state index in [-0.39, 0.29) is 11.3 Å². The molecule has 1 heterocycles. The molecule has 0 spiro atoms. The van der Waals surface area contributed by atoms with Crippen molar-refractivity contribution in [3.8, 4) is 0 Å². The standard InChI is InChI=1S/C12H11N3O4S/c1-14-10(8(6-13-14)12(16)17)7-20-11-5-3-2-4-9(11)15(18)19/h2-6H,7H2,1H3,(H,16,17). The predicted octanol–water partition coefficient (Wildman–Crippen LogP) is 2.32. The Kier molecular flexibility index (Phi) is 4.04. The SMILES string of the molecule is Cn1ncc(C(=O)O)c1CSc1ccccc1[N+](=O)[O-]. The minimum atomic E-state index is -1.06. The van der Waals surface area contributed by atoms with Gasteiger partial charge in [-0.25, -0.2) is 4.79 Å². The third kappa shape index (κ3) is 2.80. The van der Waals surface area contributed by atoms with E-state index >= 15 is 0 Å². The molecule has 8 heteroatoms. The Labute approximate surface area is 118 Å². The first-order chi connectivity index (χ1) is 9.50. The fraction of sp³-hybridized carbons (Fsp3) is 0.167. The lowest BCUT2D eigenvalue weighted by Gasteiger charge is -2.05. The molecule has 0 fully saturated rings. The van der Waals surface area contributed by atoms with Gasteiger partial charge in [-0.2, -0.15) is 5.10 Å². The summed E-state index contributed by atoms with van der Waals surface area (Å²) < 4.78 is 1.46. The van der Waals surface area contributed by atoms with Crippen molar-refractivity contribution in [2.45, 2.75) is 10.6 Å². The lowest BCUT2D eigenvalue weighted by Crippen LogP contribution is -2.03. The highest BCUT2D eigenvalue weighted by molar-refractivity contribution is 7.98. The zero-order chi connectivity index (χ0) is 14.7. The zero-order valence-electron chi connectivity index (χ0n) is 10.5. The lowest BCUT2D eigenvalue weighted by atomic mass is 10.3. The van der Waals surface area contributed by atoms with E-state index in [9.17, 15) is 14.9 Å². The van der Waals surface area contributed by atoms with Crippen molar-refractivity contribution in [3.63, 3.8) is 0 Å². The summed E-state index contributed by atoms with van der Waals surface area (Å²) in [5.41, 5.74) is 0.635. The number of hydrogen-bond acceptors (Lipinski definition) is 5. The van der Waals surface area contributed by atoms with Crippen LogP contribution in [0.2, 0.25) is 0 Å². The van der Waals surface area contributed by atoms with Gasteiger partial charge in [0.2, 0.25) is 0 Å². The number of thioether (sulfide) groups is 1. The van der Waals surface area contributed by atoms with Crippen molar-refractivity contribution >= 4 is 23.4 Å². The number of nitro groups is 1. The minimum Gasteiger partial charge on any atom is -0.478 e. The first-order valence-corrected chi connectivity index (χ1v) is 6.59. The van der Waals surface area contributed by atoms with Crippen LogP contribution in [0, 0.1) is 10.1 Å². The fourth-order valence-electron chi connectivity index (χ4n) is 1.69. The van der Waals surface area contributed by atoms with Crippen LogP contribution < -0.4 is 0 Å². The smallest absolute Gasteiger partial charge is 0.339 e. The molecule has 1 N–H and O–H groups in total. The van der Waals surface area contributed by atoms with Crippen LogP contribution in [0.4, 0.5) is 5.69 Å². The summed E-state index contributed by atoms with van der Waals surface area (Å²) in [5.74, 6) is -0.764. The third-order valence-electron chi connectivity index (χ3n) is 2.72. The molecule has 0 amide bonds. The highest BCUT2D eigenvalue weighted by atomic mass is 32.2. The van der Waals surface area contributed by atoms with Gasteiger partial charge in [-0.3, -0.25) is 14.8 Å². The summed E-state index contributed by atoms with van der Waals surface area (Å²) in [7, 11) is 1.64. The van der Waals surface area contributed by atoms with E-state index in [1.807, 2.05) is 0 Å². The van der Waals surface area contributed by atoms with Crippen LogP contribution in [0.5, 0.6) is 0 Å². The molecule has 0 radical (unpaired) electrons. The Balaban J connectivity index is 2.24. The number of rotatable bonds is 5. The Bertz CT molecular complexity index is 668. The maximum absolute atomic E-state index is 11.1. The van der Waals surface area contributed by atoms with Gasteiger partial charge in [-0.1, -0.05) is 12.1 Å². The monoisotopic (exact) mass is 293 g/mol. The molecule has 7 nitrogen and oxygen atoms in total. The number of hydrogen-bond donors (Lipinski definition) is 1. The second-order valence-corrected chi connectivity index (χ2v) is 4.96. The van der Waals surface area contributed by atoms with Crippen LogP contribution >= 0.6 is 11.8 Å². The molecule has 20 heavy (non-hydrogen) atoms. The van der Waals surface area contributed by atoms with E-state index in [1.54, 1.807) is 25.2 Å². The first-order valence-electron chi connectivity index (χ1n) is 5.61. The van der Waals surface area contributed by atoms with E-state index in [1.165, 1.54) is 28.7 Å². The second kappa shape index (κ2) is 5.74. The average Bonchev–Trinajstić information content (AvgIpc) is 2.78. The van der Waals surface area contributed by atoms with Crippen LogP contribution in [0.25, 0.3) is 0 Å². The van der Waals surface area contributed by atoms with Gasteiger partial charge >= 0.3 is 5.97 Å². The van der Waals surface area contributed by atoms with Crippen LogP contribution in [0.3, 0.4) is 0 Å². The van der Waals surface area contributed by atoms with Gasteiger partial charge in [-0.05, 0) is 6.07 Å². The maximum Gasteiger partial charge on any atom is 0.339 e. The summed E-state index contributed by atoms with van der Waals surface area (Å²) in [4.78, 5) is 22.0. The number of benzene rings is 1. The van der Waals surface area contributed by atoms with E-state index in [0.29, 0.717) is 16.3 Å². The number of aromatic carboxylic acids is 1. The lowest BCUT2D eigenvalue weighted by molar-refractivity contribution is -0.387. The first kappa shape index (κ1) is 14.1. The van der Waals surface area contributed by atoms with Gasteiger partial charge in [0, 0.05) is 18.9 Å². The Hall–Kier alpha value is -2.35. The number of nitro benzene ring substituents is 1. The highest BCUT2D eigenvalue weighted by Crippen LogP contribution is 2.31. The number of carboxylic acids is 1. The summed E-state index contributed by atoms with van der Waals surface area (Å²) in [6.45, 7) is 0. The average molecular weight is 293 g/mol. The van der Waals surface area contributed by atoms with Crippen LogP contribution in [-0.4, -0.2) is 25.8 Å². The number of aromatic nitrogens is 2. The molecule has 0 saturated heterocycles. The van der Waals surface area contributed by atoms with Crippen LogP contribution in [-0.2, 0) is 12.8 Å². The molecule has 1 aromatic heterocycles. The van der Waals surface area contributed by atoms with Crippen molar-refractivity contribution in [3.05, 3.63) is 51.8 Å². The topological polar surface area (TPSA) is 98.3 Å². The van der Waals surface area contributed by atoms with Crippen LogP contribution in [0.1, 0.15) is 16.1 Å². The fourth-order valence-corrected chi connectivity index (χ4v) is 2.79. The van der Waals surface area contributed by atoms with Crippen molar-refractivity contribution in [2.24, 2.45) is 7.05 Å². The van der Waals surface area contributed by atoms with Crippen LogP contribution in [0.15, 0.2) is 35.4 Å². The molecule has 0 bridgehead atoms. The van der Waals surface area contributed by atoms with Gasteiger partial charge in [-0.15, -0.1) is 11.8 Å². The van der Waals surface area contributed by atoms with Gasteiger partial charge in [0.05, 0.1) is 21.7 Å².